The summed E-state index contributed by atoms with van der Waals surface area (Å²) in [5.74, 6) is 1.37. The van der Waals surface area contributed by atoms with Crippen LogP contribution in [0.2, 0.25) is 0 Å². The number of aromatic nitrogens is 4. The normalized spacial score (nSPS) is 10.3. The van der Waals surface area contributed by atoms with Crippen molar-refractivity contribution in [1.29, 1.82) is 0 Å². The van der Waals surface area contributed by atoms with Crippen molar-refractivity contribution in [3.63, 3.8) is 0 Å². The van der Waals surface area contributed by atoms with Gasteiger partial charge in [-0.15, -0.1) is 0 Å². The minimum atomic E-state index is 0.594. The summed E-state index contributed by atoms with van der Waals surface area (Å²) in [6.45, 7) is 3.33. The first-order valence-electron chi connectivity index (χ1n) is 5.94. The molecule has 1 N–H and O–H groups in total. The SMILES string of the molecule is CCOc1cc(NCCc2cnn(C)c2)ncn1. The van der Waals surface area contributed by atoms with Gasteiger partial charge in [0.1, 0.15) is 12.1 Å². The maximum absolute atomic E-state index is 5.31. The zero-order valence-corrected chi connectivity index (χ0v) is 10.6. The third kappa shape index (κ3) is 3.44. The molecule has 0 atom stereocenters. The van der Waals surface area contributed by atoms with Crippen LogP contribution in [-0.2, 0) is 13.5 Å². The van der Waals surface area contributed by atoms with Crippen molar-refractivity contribution in [3.05, 3.63) is 30.4 Å². The Balaban J connectivity index is 1.84. The minimum absolute atomic E-state index is 0.594. The van der Waals surface area contributed by atoms with Crippen LogP contribution in [-0.4, -0.2) is 32.9 Å². The van der Waals surface area contributed by atoms with Gasteiger partial charge in [0.25, 0.3) is 0 Å². The average Bonchev–Trinajstić information content (AvgIpc) is 2.76. The van der Waals surface area contributed by atoms with Crippen molar-refractivity contribution in [3.8, 4) is 5.88 Å². The van der Waals surface area contributed by atoms with Crippen LogP contribution in [0.5, 0.6) is 5.88 Å². The molecular formula is C12H17N5O. The first kappa shape index (κ1) is 12.3. The van der Waals surface area contributed by atoms with Crippen molar-refractivity contribution >= 4 is 5.82 Å². The molecule has 0 radical (unpaired) electrons. The lowest BCUT2D eigenvalue weighted by Gasteiger charge is -2.06. The summed E-state index contributed by atoms with van der Waals surface area (Å²) in [4.78, 5) is 8.15. The van der Waals surface area contributed by atoms with Gasteiger partial charge in [0.2, 0.25) is 5.88 Å². The fraction of sp³-hybridized carbons (Fsp3) is 0.417. The molecule has 0 spiro atoms. The third-order valence-corrected chi connectivity index (χ3v) is 2.41. The van der Waals surface area contributed by atoms with Crippen LogP contribution >= 0.6 is 0 Å². The fourth-order valence-electron chi connectivity index (χ4n) is 1.60. The summed E-state index contributed by atoms with van der Waals surface area (Å²) in [6, 6.07) is 1.80. The van der Waals surface area contributed by atoms with Gasteiger partial charge in [-0.05, 0) is 18.9 Å². The molecule has 2 heterocycles. The van der Waals surface area contributed by atoms with E-state index in [1.165, 1.54) is 11.9 Å². The molecule has 6 nitrogen and oxygen atoms in total. The van der Waals surface area contributed by atoms with Gasteiger partial charge in [0.15, 0.2) is 0 Å². The van der Waals surface area contributed by atoms with Gasteiger partial charge in [0, 0.05) is 25.9 Å². The summed E-state index contributed by atoms with van der Waals surface area (Å²) in [6.07, 6.45) is 6.28. The highest BCUT2D eigenvalue weighted by molar-refractivity contribution is 5.37. The molecule has 0 fully saturated rings. The van der Waals surface area contributed by atoms with Crippen LogP contribution in [0.25, 0.3) is 0 Å². The van der Waals surface area contributed by atoms with Crippen LogP contribution in [0.3, 0.4) is 0 Å². The van der Waals surface area contributed by atoms with E-state index < -0.39 is 0 Å². The van der Waals surface area contributed by atoms with Gasteiger partial charge in [-0.25, -0.2) is 9.97 Å². The Morgan fingerprint density at radius 1 is 1.39 bits per heavy atom. The first-order chi connectivity index (χ1) is 8.78. The molecule has 0 saturated heterocycles. The Bertz CT molecular complexity index is 497. The van der Waals surface area contributed by atoms with Gasteiger partial charge in [-0.1, -0.05) is 0 Å². The number of nitrogens with one attached hydrogen (secondary N) is 1. The van der Waals surface area contributed by atoms with Crippen molar-refractivity contribution < 1.29 is 4.74 Å². The Morgan fingerprint density at radius 3 is 3.00 bits per heavy atom. The predicted octanol–water partition coefficient (Wildman–Crippen LogP) is 1.26. The van der Waals surface area contributed by atoms with Gasteiger partial charge in [-0.2, -0.15) is 5.10 Å². The lowest BCUT2D eigenvalue weighted by atomic mass is 10.2. The standard InChI is InChI=1S/C12H17N5O/c1-3-18-12-6-11(14-9-15-12)13-5-4-10-7-16-17(2)8-10/h6-9H,3-5H2,1-2H3,(H,13,14,15). The molecule has 0 amide bonds. The van der Waals surface area contributed by atoms with Crippen LogP contribution in [0.15, 0.2) is 24.8 Å². The van der Waals surface area contributed by atoms with E-state index >= 15 is 0 Å². The summed E-state index contributed by atoms with van der Waals surface area (Å²) in [5, 5.41) is 7.36. The maximum atomic E-state index is 5.31. The van der Waals surface area contributed by atoms with Crippen molar-refractivity contribution in [2.24, 2.45) is 7.05 Å². The summed E-state index contributed by atoms with van der Waals surface area (Å²) < 4.78 is 7.11. The smallest absolute Gasteiger partial charge is 0.218 e. The Labute approximate surface area is 106 Å². The van der Waals surface area contributed by atoms with E-state index in [0.717, 1.165) is 18.8 Å². The van der Waals surface area contributed by atoms with Gasteiger partial charge in [0.05, 0.1) is 12.8 Å². The number of aryl methyl sites for hydroxylation is 1. The van der Waals surface area contributed by atoms with Crippen molar-refractivity contribution in [2.75, 3.05) is 18.5 Å². The van der Waals surface area contributed by atoms with E-state index in [9.17, 15) is 0 Å². The molecule has 0 aliphatic rings. The van der Waals surface area contributed by atoms with E-state index in [1.807, 2.05) is 26.4 Å². The predicted molar refractivity (Wildman–Crippen MR) is 68.6 cm³/mol. The molecule has 0 unspecified atom stereocenters. The van der Waals surface area contributed by atoms with Crippen LogP contribution in [0, 0.1) is 0 Å². The van der Waals surface area contributed by atoms with E-state index in [0.29, 0.717) is 12.5 Å². The van der Waals surface area contributed by atoms with Gasteiger partial charge in [-0.3, -0.25) is 4.68 Å². The van der Waals surface area contributed by atoms with E-state index in [1.54, 1.807) is 10.7 Å². The summed E-state index contributed by atoms with van der Waals surface area (Å²) >= 11 is 0. The Kier molecular flexibility index (Phi) is 4.11. The van der Waals surface area contributed by atoms with Gasteiger partial charge >= 0.3 is 0 Å². The summed E-state index contributed by atoms with van der Waals surface area (Å²) in [7, 11) is 1.91. The largest absolute Gasteiger partial charge is 0.478 e. The van der Waals surface area contributed by atoms with Crippen LogP contribution in [0.4, 0.5) is 5.82 Å². The second-order valence-electron chi connectivity index (χ2n) is 3.87. The molecule has 0 aliphatic carbocycles. The minimum Gasteiger partial charge on any atom is -0.478 e. The highest BCUT2D eigenvalue weighted by Crippen LogP contribution is 2.10. The van der Waals surface area contributed by atoms with Crippen molar-refractivity contribution in [1.82, 2.24) is 19.7 Å². The lowest BCUT2D eigenvalue weighted by molar-refractivity contribution is 0.326. The molecule has 96 valence electrons. The number of rotatable bonds is 6. The molecule has 2 aromatic rings. The maximum Gasteiger partial charge on any atom is 0.218 e. The molecule has 18 heavy (non-hydrogen) atoms. The topological polar surface area (TPSA) is 64.9 Å². The van der Waals surface area contributed by atoms with Crippen LogP contribution in [0.1, 0.15) is 12.5 Å². The fourth-order valence-corrected chi connectivity index (χ4v) is 1.60. The molecule has 0 aliphatic heterocycles. The zero-order valence-electron chi connectivity index (χ0n) is 10.6. The molecule has 2 aromatic heterocycles. The average molecular weight is 247 g/mol. The zero-order chi connectivity index (χ0) is 12.8. The van der Waals surface area contributed by atoms with Crippen LogP contribution < -0.4 is 10.1 Å². The quantitative estimate of drug-likeness (QED) is 0.832. The van der Waals surface area contributed by atoms with E-state index in [-0.39, 0.29) is 0 Å². The van der Waals surface area contributed by atoms with Gasteiger partial charge < -0.3 is 10.1 Å². The molecule has 2 rings (SSSR count). The Hall–Kier alpha value is -2.11. The number of nitrogens with zero attached hydrogens (tertiary/aromatic N) is 4. The second-order valence-corrected chi connectivity index (χ2v) is 3.87. The monoisotopic (exact) mass is 247 g/mol. The highest BCUT2D eigenvalue weighted by Gasteiger charge is 2.00. The summed E-state index contributed by atoms with van der Waals surface area (Å²) in [5.41, 5.74) is 1.20. The first-order valence-corrected chi connectivity index (χ1v) is 5.94. The number of hydrogen-bond donors (Lipinski definition) is 1. The van der Waals surface area contributed by atoms with Crippen molar-refractivity contribution in [2.45, 2.75) is 13.3 Å². The molecule has 0 saturated carbocycles. The molecule has 6 heteroatoms. The number of ether oxygens (including phenoxy) is 1. The van der Waals surface area contributed by atoms with E-state index in [2.05, 4.69) is 20.4 Å². The molecule has 0 bridgehead atoms. The third-order valence-electron chi connectivity index (χ3n) is 2.41. The number of anilines is 1. The lowest BCUT2D eigenvalue weighted by Crippen LogP contribution is -2.06. The second kappa shape index (κ2) is 6.00. The molecular weight excluding hydrogens is 230 g/mol. The number of hydrogen-bond acceptors (Lipinski definition) is 5. The Morgan fingerprint density at radius 2 is 2.28 bits per heavy atom. The molecule has 0 aromatic carbocycles. The highest BCUT2D eigenvalue weighted by atomic mass is 16.5. The van der Waals surface area contributed by atoms with E-state index in [4.69, 9.17) is 4.74 Å².